The van der Waals surface area contributed by atoms with Crippen LogP contribution in [0.5, 0.6) is 0 Å². The molecule has 0 aliphatic rings. The number of carbonyl (C=O) groups excluding carboxylic acids is 3. The maximum atomic E-state index is 11.8. The number of hydrogen-bond acceptors (Lipinski definition) is 6. The van der Waals surface area contributed by atoms with E-state index in [-0.39, 0.29) is 4.90 Å². The van der Waals surface area contributed by atoms with Crippen LogP contribution in [-0.2, 0) is 9.59 Å². The zero-order chi connectivity index (χ0) is 15.1. The molecular formula is C11H16N2O6. The minimum Gasteiger partial charge on any atom is -0.394 e. The third-order valence-corrected chi connectivity index (χ3v) is 2.27. The average molecular weight is 272 g/mol. The van der Waals surface area contributed by atoms with E-state index in [1.165, 1.54) is 0 Å². The Kier molecular flexibility index (Phi) is 6.62. The third kappa shape index (κ3) is 3.98. The van der Waals surface area contributed by atoms with Gasteiger partial charge in [0.25, 0.3) is 11.8 Å². The maximum absolute atomic E-state index is 11.8. The summed E-state index contributed by atoms with van der Waals surface area (Å²) in [4.78, 5) is 34.7. The highest BCUT2D eigenvalue weighted by Gasteiger charge is 2.34. The summed E-state index contributed by atoms with van der Waals surface area (Å²) in [6, 6.07) is -1.22. The summed E-state index contributed by atoms with van der Waals surface area (Å²) >= 11 is 0. The Balaban J connectivity index is 5.22. The average Bonchev–Trinajstić information content (AvgIpc) is 2.44. The Morgan fingerprint density at radius 1 is 1.00 bits per heavy atom. The molecule has 0 aliphatic heterocycles. The summed E-state index contributed by atoms with van der Waals surface area (Å²) in [7, 11) is 0. The van der Waals surface area contributed by atoms with Crippen LogP contribution >= 0.6 is 0 Å². The SMILES string of the molecule is C=CC(=O)N(C(=O)C=C)C(=O)NC(CO)(CO)CO. The maximum Gasteiger partial charge on any atom is 0.332 e. The second kappa shape index (κ2) is 7.41. The lowest BCUT2D eigenvalue weighted by Gasteiger charge is -2.30. The molecule has 4 N–H and O–H groups in total. The molecule has 0 saturated carbocycles. The first kappa shape index (κ1) is 17.0. The molecule has 0 fully saturated rings. The molecule has 0 saturated heterocycles. The Morgan fingerprint density at radius 2 is 1.37 bits per heavy atom. The number of amides is 4. The first-order chi connectivity index (χ1) is 8.91. The van der Waals surface area contributed by atoms with Crippen molar-refractivity contribution in [3.63, 3.8) is 0 Å². The van der Waals surface area contributed by atoms with Crippen LogP contribution in [0.25, 0.3) is 0 Å². The second-order valence-electron chi connectivity index (χ2n) is 3.60. The molecule has 0 heterocycles. The second-order valence-corrected chi connectivity index (χ2v) is 3.60. The van der Waals surface area contributed by atoms with Crippen LogP contribution in [0.4, 0.5) is 4.79 Å². The number of nitrogens with zero attached hydrogens (tertiary/aromatic N) is 1. The molecule has 0 aromatic carbocycles. The van der Waals surface area contributed by atoms with Crippen LogP contribution in [0.2, 0.25) is 0 Å². The van der Waals surface area contributed by atoms with Gasteiger partial charge in [-0.1, -0.05) is 13.2 Å². The highest BCUT2D eigenvalue weighted by atomic mass is 16.3. The lowest BCUT2D eigenvalue weighted by atomic mass is 10.0. The van der Waals surface area contributed by atoms with E-state index in [2.05, 4.69) is 13.2 Å². The number of aliphatic hydroxyl groups is 3. The predicted molar refractivity (Wildman–Crippen MR) is 64.8 cm³/mol. The topological polar surface area (TPSA) is 127 Å². The van der Waals surface area contributed by atoms with Gasteiger partial charge < -0.3 is 20.6 Å². The molecule has 0 unspecified atom stereocenters. The van der Waals surface area contributed by atoms with Gasteiger partial charge in [0.15, 0.2) is 0 Å². The standard InChI is InChI=1S/C11H16N2O6/c1-3-8(17)13(9(18)4-2)10(19)12-11(5-14,6-15)7-16/h3-4,14-16H,1-2,5-7H2,(H,12,19). The molecule has 8 heteroatoms. The molecule has 0 aromatic heterocycles. The van der Waals surface area contributed by atoms with Crippen LogP contribution in [0.3, 0.4) is 0 Å². The smallest absolute Gasteiger partial charge is 0.332 e. The molecule has 19 heavy (non-hydrogen) atoms. The van der Waals surface area contributed by atoms with E-state index < -0.39 is 43.2 Å². The number of hydrogen-bond donors (Lipinski definition) is 4. The van der Waals surface area contributed by atoms with E-state index in [1.54, 1.807) is 0 Å². The zero-order valence-corrected chi connectivity index (χ0v) is 10.2. The van der Waals surface area contributed by atoms with Crippen molar-refractivity contribution in [3.05, 3.63) is 25.3 Å². The first-order valence-electron chi connectivity index (χ1n) is 5.19. The van der Waals surface area contributed by atoms with E-state index in [4.69, 9.17) is 15.3 Å². The van der Waals surface area contributed by atoms with Gasteiger partial charge in [0.2, 0.25) is 0 Å². The van der Waals surface area contributed by atoms with E-state index in [9.17, 15) is 14.4 Å². The van der Waals surface area contributed by atoms with E-state index in [0.29, 0.717) is 0 Å². The molecule has 106 valence electrons. The molecule has 0 atom stereocenters. The fourth-order valence-corrected chi connectivity index (χ4v) is 1.04. The molecule has 0 rings (SSSR count). The van der Waals surface area contributed by atoms with Crippen LogP contribution in [0, 0.1) is 0 Å². The van der Waals surface area contributed by atoms with Crippen molar-refractivity contribution in [1.29, 1.82) is 0 Å². The van der Waals surface area contributed by atoms with Crippen LogP contribution in [0.1, 0.15) is 0 Å². The molecule has 4 amide bonds. The molecule has 0 bridgehead atoms. The number of aliphatic hydroxyl groups excluding tert-OH is 3. The molecule has 0 aliphatic carbocycles. The number of urea groups is 1. The highest BCUT2D eigenvalue weighted by molar-refractivity contribution is 6.16. The van der Waals surface area contributed by atoms with Gasteiger partial charge in [-0.15, -0.1) is 0 Å². The summed E-state index contributed by atoms with van der Waals surface area (Å²) in [5.74, 6) is -2.02. The van der Waals surface area contributed by atoms with Gasteiger partial charge >= 0.3 is 6.03 Å². The van der Waals surface area contributed by atoms with Crippen LogP contribution < -0.4 is 5.32 Å². The van der Waals surface area contributed by atoms with Crippen molar-refractivity contribution in [2.45, 2.75) is 5.54 Å². The number of imide groups is 3. The van der Waals surface area contributed by atoms with E-state index in [0.717, 1.165) is 12.2 Å². The van der Waals surface area contributed by atoms with Gasteiger partial charge in [0, 0.05) is 0 Å². The molecular weight excluding hydrogens is 256 g/mol. The molecule has 0 radical (unpaired) electrons. The fraction of sp³-hybridized carbons (Fsp3) is 0.364. The van der Waals surface area contributed by atoms with Gasteiger partial charge in [-0.3, -0.25) is 9.59 Å². The van der Waals surface area contributed by atoms with Gasteiger partial charge in [-0.2, -0.15) is 4.90 Å². The monoisotopic (exact) mass is 272 g/mol. The van der Waals surface area contributed by atoms with Crippen molar-refractivity contribution in [1.82, 2.24) is 10.2 Å². The van der Waals surface area contributed by atoms with Crippen molar-refractivity contribution in [3.8, 4) is 0 Å². The lowest BCUT2D eigenvalue weighted by Crippen LogP contribution is -2.61. The summed E-state index contributed by atoms with van der Waals surface area (Å²) in [6.07, 6.45) is 1.47. The Bertz CT molecular complexity index is 360. The third-order valence-electron chi connectivity index (χ3n) is 2.27. The highest BCUT2D eigenvalue weighted by Crippen LogP contribution is 2.05. The van der Waals surface area contributed by atoms with Gasteiger partial charge in [-0.25, -0.2) is 4.79 Å². The first-order valence-corrected chi connectivity index (χ1v) is 5.19. The summed E-state index contributed by atoms with van der Waals surface area (Å²) in [5, 5.41) is 29.1. The summed E-state index contributed by atoms with van der Waals surface area (Å²) in [6.45, 7) is 3.90. The molecule has 0 aromatic rings. The van der Waals surface area contributed by atoms with Crippen molar-refractivity contribution in [2.75, 3.05) is 19.8 Å². The Hall–Kier alpha value is -2.03. The lowest BCUT2D eigenvalue weighted by molar-refractivity contribution is -0.135. The summed E-state index contributed by atoms with van der Waals surface area (Å²) in [5.41, 5.74) is -1.75. The Labute approximate surface area is 109 Å². The number of carbonyl (C=O) groups is 3. The van der Waals surface area contributed by atoms with Crippen molar-refractivity contribution in [2.24, 2.45) is 0 Å². The minimum absolute atomic E-state index is 0.176. The number of rotatable bonds is 6. The molecule has 8 nitrogen and oxygen atoms in total. The Morgan fingerprint density at radius 3 is 1.63 bits per heavy atom. The van der Waals surface area contributed by atoms with E-state index in [1.807, 2.05) is 5.32 Å². The predicted octanol–water partition coefficient (Wildman–Crippen LogP) is -1.86. The normalized spacial score (nSPS) is 10.5. The van der Waals surface area contributed by atoms with Gasteiger partial charge in [-0.05, 0) is 12.2 Å². The minimum atomic E-state index is -1.75. The fourth-order valence-electron chi connectivity index (χ4n) is 1.04. The number of nitrogens with one attached hydrogen (secondary N) is 1. The van der Waals surface area contributed by atoms with Crippen molar-refractivity contribution >= 4 is 17.8 Å². The van der Waals surface area contributed by atoms with E-state index >= 15 is 0 Å². The van der Waals surface area contributed by atoms with Gasteiger partial charge in [0.1, 0.15) is 5.54 Å². The van der Waals surface area contributed by atoms with Crippen LogP contribution in [-0.4, -0.2) is 63.4 Å². The summed E-state index contributed by atoms with van der Waals surface area (Å²) < 4.78 is 0. The van der Waals surface area contributed by atoms with Crippen LogP contribution in [0.15, 0.2) is 25.3 Å². The largest absolute Gasteiger partial charge is 0.394 e. The van der Waals surface area contributed by atoms with Crippen molar-refractivity contribution < 1.29 is 29.7 Å². The molecule has 0 spiro atoms. The quantitative estimate of drug-likeness (QED) is 0.420. The van der Waals surface area contributed by atoms with Gasteiger partial charge in [0.05, 0.1) is 19.8 Å². The zero-order valence-electron chi connectivity index (χ0n) is 10.2.